The third kappa shape index (κ3) is 3.36. The van der Waals surface area contributed by atoms with Gasteiger partial charge in [-0.05, 0) is 51.4 Å². The summed E-state index contributed by atoms with van der Waals surface area (Å²) in [5.41, 5.74) is 1.10. The number of aryl methyl sites for hydroxylation is 1. The average Bonchev–Trinajstić information content (AvgIpc) is 2.54. The predicted octanol–water partition coefficient (Wildman–Crippen LogP) is 3.79. The molecule has 0 bridgehead atoms. The van der Waals surface area contributed by atoms with Crippen molar-refractivity contribution in [3.8, 4) is 0 Å². The third-order valence-electron chi connectivity index (χ3n) is 5.17. The first kappa shape index (κ1) is 15.6. The van der Waals surface area contributed by atoms with Crippen molar-refractivity contribution in [2.75, 3.05) is 29.4 Å². The van der Waals surface area contributed by atoms with Crippen LogP contribution < -0.4 is 9.80 Å². The quantitative estimate of drug-likeness (QED) is 0.850. The van der Waals surface area contributed by atoms with E-state index in [0.717, 1.165) is 43.0 Å². The van der Waals surface area contributed by atoms with Crippen molar-refractivity contribution < 1.29 is 0 Å². The summed E-state index contributed by atoms with van der Waals surface area (Å²) in [6.45, 7) is 10.1. The molecular formula is C18H30N4. The van der Waals surface area contributed by atoms with Crippen molar-refractivity contribution in [2.45, 2.75) is 65.3 Å². The molecule has 0 aromatic carbocycles. The van der Waals surface area contributed by atoms with Gasteiger partial charge in [0.15, 0.2) is 0 Å². The molecule has 0 spiro atoms. The maximum atomic E-state index is 4.95. The molecule has 0 N–H and O–H groups in total. The number of aromatic nitrogens is 2. The zero-order valence-electron chi connectivity index (χ0n) is 14.4. The summed E-state index contributed by atoms with van der Waals surface area (Å²) in [4.78, 5) is 14.6. The molecule has 122 valence electrons. The molecule has 0 saturated carbocycles. The summed E-state index contributed by atoms with van der Waals surface area (Å²) in [6, 6.07) is 2.77. The van der Waals surface area contributed by atoms with E-state index in [1.807, 2.05) is 0 Å². The van der Waals surface area contributed by atoms with Crippen LogP contribution in [0.1, 0.15) is 58.1 Å². The fourth-order valence-corrected chi connectivity index (χ4v) is 3.91. The van der Waals surface area contributed by atoms with Crippen LogP contribution in [0.15, 0.2) is 6.07 Å². The van der Waals surface area contributed by atoms with E-state index in [1.165, 1.54) is 38.5 Å². The van der Waals surface area contributed by atoms with Gasteiger partial charge in [-0.2, -0.15) is 4.98 Å². The minimum Gasteiger partial charge on any atom is -0.356 e. The molecule has 1 aromatic rings. The molecule has 0 amide bonds. The average molecular weight is 302 g/mol. The van der Waals surface area contributed by atoms with Gasteiger partial charge < -0.3 is 9.80 Å². The van der Waals surface area contributed by atoms with E-state index in [9.17, 15) is 0 Å². The summed E-state index contributed by atoms with van der Waals surface area (Å²) in [6.07, 6.45) is 7.71. The SMILES string of the molecule is CCC1CCCCN1c1nc(C)cc(N2CCCC(C)C2)n1. The van der Waals surface area contributed by atoms with Crippen molar-refractivity contribution in [1.29, 1.82) is 0 Å². The number of hydrogen-bond acceptors (Lipinski definition) is 4. The van der Waals surface area contributed by atoms with E-state index in [-0.39, 0.29) is 0 Å². The van der Waals surface area contributed by atoms with Crippen molar-refractivity contribution in [1.82, 2.24) is 9.97 Å². The van der Waals surface area contributed by atoms with E-state index >= 15 is 0 Å². The fraction of sp³-hybridized carbons (Fsp3) is 0.778. The van der Waals surface area contributed by atoms with E-state index in [1.54, 1.807) is 0 Å². The first-order valence-corrected chi connectivity index (χ1v) is 9.04. The van der Waals surface area contributed by atoms with Crippen LogP contribution in [0.25, 0.3) is 0 Å². The second kappa shape index (κ2) is 6.84. The van der Waals surface area contributed by atoms with Crippen LogP contribution in [-0.4, -0.2) is 35.6 Å². The van der Waals surface area contributed by atoms with Gasteiger partial charge in [-0.1, -0.05) is 13.8 Å². The minimum absolute atomic E-state index is 0.615. The van der Waals surface area contributed by atoms with Crippen molar-refractivity contribution in [3.63, 3.8) is 0 Å². The Bertz CT molecular complexity index is 502. The first-order valence-electron chi connectivity index (χ1n) is 9.04. The lowest BCUT2D eigenvalue weighted by Gasteiger charge is -2.37. The minimum atomic E-state index is 0.615. The Balaban J connectivity index is 1.85. The van der Waals surface area contributed by atoms with Gasteiger partial charge in [-0.25, -0.2) is 4.98 Å². The molecule has 2 fully saturated rings. The third-order valence-corrected chi connectivity index (χ3v) is 5.17. The van der Waals surface area contributed by atoms with E-state index in [4.69, 9.17) is 9.97 Å². The van der Waals surface area contributed by atoms with Crippen LogP contribution in [0.4, 0.5) is 11.8 Å². The molecule has 22 heavy (non-hydrogen) atoms. The first-order chi connectivity index (χ1) is 10.7. The van der Waals surface area contributed by atoms with Crippen LogP contribution in [0.2, 0.25) is 0 Å². The molecule has 0 aliphatic carbocycles. The Morgan fingerprint density at radius 2 is 2.00 bits per heavy atom. The molecular weight excluding hydrogens is 272 g/mol. The molecule has 1 aromatic heterocycles. The van der Waals surface area contributed by atoms with Gasteiger partial charge in [0.1, 0.15) is 5.82 Å². The Labute approximate surface area is 134 Å². The number of piperidine rings is 2. The number of hydrogen-bond donors (Lipinski definition) is 0. The Morgan fingerprint density at radius 3 is 2.77 bits per heavy atom. The summed E-state index contributed by atoms with van der Waals surface area (Å²) in [5, 5.41) is 0. The van der Waals surface area contributed by atoms with Crippen LogP contribution in [0.5, 0.6) is 0 Å². The highest BCUT2D eigenvalue weighted by atomic mass is 15.3. The Morgan fingerprint density at radius 1 is 1.14 bits per heavy atom. The zero-order valence-corrected chi connectivity index (χ0v) is 14.4. The van der Waals surface area contributed by atoms with Gasteiger partial charge in [0, 0.05) is 37.4 Å². The largest absolute Gasteiger partial charge is 0.356 e. The van der Waals surface area contributed by atoms with Crippen molar-refractivity contribution >= 4 is 11.8 Å². The van der Waals surface area contributed by atoms with Gasteiger partial charge in [-0.3, -0.25) is 0 Å². The molecule has 2 aliphatic rings. The lowest BCUT2D eigenvalue weighted by Crippen LogP contribution is -2.41. The van der Waals surface area contributed by atoms with Crippen LogP contribution in [0, 0.1) is 12.8 Å². The van der Waals surface area contributed by atoms with E-state index in [0.29, 0.717) is 6.04 Å². The highest BCUT2D eigenvalue weighted by Crippen LogP contribution is 2.27. The predicted molar refractivity (Wildman–Crippen MR) is 92.7 cm³/mol. The summed E-state index contributed by atoms with van der Waals surface area (Å²) in [7, 11) is 0. The van der Waals surface area contributed by atoms with Crippen LogP contribution >= 0.6 is 0 Å². The summed E-state index contributed by atoms with van der Waals surface area (Å²) >= 11 is 0. The van der Waals surface area contributed by atoms with Crippen LogP contribution in [-0.2, 0) is 0 Å². The molecule has 2 saturated heterocycles. The van der Waals surface area contributed by atoms with Crippen molar-refractivity contribution in [2.24, 2.45) is 5.92 Å². The zero-order chi connectivity index (χ0) is 15.5. The van der Waals surface area contributed by atoms with Crippen LogP contribution in [0.3, 0.4) is 0 Å². The fourth-order valence-electron chi connectivity index (χ4n) is 3.91. The van der Waals surface area contributed by atoms with Gasteiger partial charge >= 0.3 is 0 Å². The summed E-state index contributed by atoms with van der Waals surface area (Å²) in [5.74, 6) is 2.86. The standard InChI is InChI=1S/C18H30N4/c1-4-16-9-5-6-11-22(16)18-19-15(3)12-17(20-18)21-10-7-8-14(2)13-21/h12,14,16H,4-11,13H2,1-3H3. The molecule has 3 heterocycles. The van der Waals surface area contributed by atoms with Crippen molar-refractivity contribution in [3.05, 3.63) is 11.8 Å². The Kier molecular flexibility index (Phi) is 4.84. The molecule has 0 radical (unpaired) electrons. The van der Waals surface area contributed by atoms with Gasteiger partial charge in [0.05, 0.1) is 0 Å². The maximum absolute atomic E-state index is 4.95. The Hall–Kier alpha value is -1.32. The lowest BCUT2D eigenvalue weighted by molar-refractivity contribution is 0.437. The topological polar surface area (TPSA) is 32.3 Å². The molecule has 2 atom stereocenters. The number of rotatable bonds is 3. The molecule has 4 nitrogen and oxygen atoms in total. The van der Waals surface area contributed by atoms with Gasteiger partial charge in [-0.15, -0.1) is 0 Å². The highest BCUT2D eigenvalue weighted by molar-refractivity contribution is 5.47. The highest BCUT2D eigenvalue weighted by Gasteiger charge is 2.25. The second-order valence-corrected chi connectivity index (χ2v) is 7.11. The molecule has 4 heteroatoms. The number of nitrogens with zero attached hydrogens (tertiary/aromatic N) is 4. The molecule has 2 aliphatic heterocycles. The lowest BCUT2D eigenvalue weighted by atomic mass is 10.00. The number of anilines is 2. The molecule has 3 rings (SSSR count). The molecule has 2 unspecified atom stereocenters. The second-order valence-electron chi connectivity index (χ2n) is 7.11. The monoisotopic (exact) mass is 302 g/mol. The van der Waals surface area contributed by atoms with E-state index in [2.05, 4.69) is 36.6 Å². The smallest absolute Gasteiger partial charge is 0.227 e. The maximum Gasteiger partial charge on any atom is 0.227 e. The van der Waals surface area contributed by atoms with Gasteiger partial charge in [0.2, 0.25) is 5.95 Å². The van der Waals surface area contributed by atoms with Gasteiger partial charge in [0.25, 0.3) is 0 Å². The normalized spacial score (nSPS) is 26.3. The summed E-state index contributed by atoms with van der Waals surface area (Å²) < 4.78 is 0. The van der Waals surface area contributed by atoms with E-state index < -0.39 is 0 Å².